The number of anilines is 1. The average molecular weight is 536 g/mol. The third kappa shape index (κ3) is 6.80. The van der Waals surface area contributed by atoms with Crippen LogP contribution in [0.15, 0.2) is 41.3 Å². The van der Waals surface area contributed by atoms with Crippen molar-refractivity contribution in [1.29, 1.82) is 0 Å². The highest BCUT2D eigenvalue weighted by Gasteiger charge is 2.22. The number of amides is 1. The lowest BCUT2D eigenvalue weighted by atomic mass is 10.3. The van der Waals surface area contributed by atoms with Gasteiger partial charge in [-0.3, -0.25) is 14.6 Å². The predicted molar refractivity (Wildman–Crippen MR) is 144 cm³/mol. The summed E-state index contributed by atoms with van der Waals surface area (Å²) in [6.45, 7) is 4.91. The molecule has 1 aliphatic rings. The van der Waals surface area contributed by atoms with Crippen LogP contribution in [0.3, 0.4) is 0 Å². The van der Waals surface area contributed by atoms with Crippen LogP contribution in [0.5, 0.6) is 11.5 Å². The highest BCUT2D eigenvalue weighted by molar-refractivity contribution is 7.99. The highest BCUT2D eigenvalue weighted by Crippen LogP contribution is 2.39. The zero-order chi connectivity index (χ0) is 24.6. The van der Waals surface area contributed by atoms with Crippen molar-refractivity contribution in [3.63, 3.8) is 0 Å². The van der Waals surface area contributed by atoms with Gasteiger partial charge >= 0.3 is 0 Å². The maximum Gasteiger partial charge on any atom is 0.229 e. The third-order valence-electron chi connectivity index (χ3n) is 5.80. The largest absolute Gasteiger partial charge is 0.497 e. The van der Waals surface area contributed by atoms with E-state index in [9.17, 15) is 4.79 Å². The maximum absolute atomic E-state index is 13.4. The molecule has 1 aromatic heterocycles. The number of carbonyl (C=O) groups is 1. The number of rotatable bonds is 11. The van der Waals surface area contributed by atoms with Crippen molar-refractivity contribution in [3.8, 4) is 11.5 Å². The Labute approximate surface area is 219 Å². The summed E-state index contributed by atoms with van der Waals surface area (Å²) in [6, 6.07) is 11.5. The number of aromatic nitrogens is 1. The lowest BCUT2D eigenvalue weighted by molar-refractivity contribution is -0.118. The second-order valence-electron chi connectivity index (χ2n) is 8.05. The van der Waals surface area contributed by atoms with Crippen molar-refractivity contribution in [2.45, 2.75) is 17.7 Å². The molecule has 35 heavy (non-hydrogen) atoms. The fourth-order valence-electron chi connectivity index (χ4n) is 3.89. The van der Waals surface area contributed by atoms with Gasteiger partial charge in [0.2, 0.25) is 5.91 Å². The SMILES string of the molecule is COc1ccc(SCCC(=O)N(CCCN2CCOCC2)c2nc3c(OC)ccc(Cl)c3s2)cc1. The standard InChI is InChI=1S/C25H30ClN3O4S2/c1-31-18-4-6-19(7-5-18)34-17-10-22(30)29(12-3-11-28-13-15-33-16-14-28)25-27-23-21(32-2)9-8-20(26)24(23)35-25/h4-9H,3,10-17H2,1-2H3. The van der Waals surface area contributed by atoms with Gasteiger partial charge in [0.15, 0.2) is 5.13 Å². The van der Waals surface area contributed by atoms with Gasteiger partial charge in [0.1, 0.15) is 17.0 Å². The van der Waals surface area contributed by atoms with E-state index in [1.807, 2.05) is 35.2 Å². The van der Waals surface area contributed by atoms with Crippen molar-refractivity contribution in [2.24, 2.45) is 0 Å². The molecule has 4 rings (SSSR count). The van der Waals surface area contributed by atoms with Gasteiger partial charge in [-0.15, -0.1) is 11.8 Å². The Morgan fingerprint density at radius 3 is 2.66 bits per heavy atom. The van der Waals surface area contributed by atoms with Crippen LogP contribution in [0.25, 0.3) is 10.2 Å². The van der Waals surface area contributed by atoms with Crippen molar-refractivity contribution in [1.82, 2.24) is 9.88 Å². The Bertz CT molecular complexity index is 1120. The molecule has 188 valence electrons. The molecule has 0 spiro atoms. The Hall–Kier alpha value is -2.04. The smallest absolute Gasteiger partial charge is 0.229 e. The molecule has 0 aliphatic carbocycles. The van der Waals surface area contributed by atoms with E-state index in [2.05, 4.69) is 4.90 Å². The summed E-state index contributed by atoms with van der Waals surface area (Å²) in [5.41, 5.74) is 0.693. The normalized spacial score (nSPS) is 14.3. The van der Waals surface area contributed by atoms with Crippen LogP contribution in [-0.4, -0.2) is 75.2 Å². The summed E-state index contributed by atoms with van der Waals surface area (Å²) in [7, 11) is 3.27. The number of thiazole rings is 1. The Morgan fingerprint density at radius 1 is 1.17 bits per heavy atom. The van der Waals surface area contributed by atoms with E-state index < -0.39 is 0 Å². The minimum absolute atomic E-state index is 0.0575. The lowest BCUT2D eigenvalue weighted by Crippen LogP contribution is -2.39. The van der Waals surface area contributed by atoms with Crippen molar-refractivity contribution < 1.29 is 19.0 Å². The van der Waals surface area contributed by atoms with Gasteiger partial charge in [0.25, 0.3) is 0 Å². The average Bonchev–Trinajstić information content (AvgIpc) is 3.34. The molecule has 1 fully saturated rings. The molecule has 0 radical (unpaired) electrons. The van der Waals surface area contributed by atoms with Gasteiger partial charge in [0, 0.05) is 43.2 Å². The van der Waals surface area contributed by atoms with Crippen LogP contribution in [0, 0.1) is 0 Å². The zero-order valence-electron chi connectivity index (χ0n) is 20.0. The molecular weight excluding hydrogens is 506 g/mol. The first-order valence-corrected chi connectivity index (χ1v) is 13.8. The molecule has 2 aromatic carbocycles. The number of ether oxygens (including phenoxy) is 3. The van der Waals surface area contributed by atoms with E-state index in [0.717, 1.165) is 54.6 Å². The summed E-state index contributed by atoms with van der Waals surface area (Å²) in [4.78, 5) is 23.5. The minimum atomic E-state index is 0.0575. The molecule has 0 atom stereocenters. The number of halogens is 1. The number of thioether (sulfide) groups is 1. The van der Waals surface area contributed by atoms with Gasteiger partial charge in [-0.2, -0.15) is 0 Å². The van der Waals surface area contributed by atoms with E-state index in [0.29, 0.717) is 40.1 Å². The maximum atomic E-state index is 13.4. The van der Waals surface area contributed by atoms with E-state index in [-0.39, 0.29) is 5.91 Å². The van der Waals surface area contributed by atoms with Crippen molar-refractivity contribution in [3.05, 3.63) is 41.4 Å². The molecular formula is C25H30ClN3O4S2. The number of fused-ring (bicyclic) bond motifs is 1. The summed E-state index contributed by atoms with van der Waals surface area (Å²) >= 11 is 9.54. The number of nitrogens with zero attached hydrogens (tertiary/aromatic N) is 3. The van der Waals surface area contributed by atoms with E-state index in [4.69, 9.17) is 30.8 Å². The van der Waals surface area contributed by atoms with E-state index in [1.165, 1.54) is 11.3 Å². The topological polar surface area (TPSA) is 64.1 Å². The monoisotopic (exact) mass is 535 g/mol. The second-order valence-corrected chi connectivity index (χ2v) is 10.6. The fourth-order valence-corrected chi connectivity index (χ4v) is 6.03. The number of benzene rings is 2. The van der Waals surface area contributed by atoms with Crippen LogP contribution in [-0.2, 0) is 9.53 Å². The predicted octanol–water partition coefficient (Wildman–Crippen LogP) is 5.20. The lowest BCUT2D eigenvalue weighted by Gasteiger charge is -2.27. The van der Waals surface area contributed by atoms with Crippen LogP contribution in [0.2, 0.25) is 5.02 Å². The molecule has 1 saturated heterocycles. The molecule has 3 aromatic rings. The van der Waals surface area contributed by atoms with Crippen LogP contribution in [0.4, 0.5) is 5.13 Å². The summed E-state index contributed by atoms with van der Waals surface area (Å²) < 4.78 is 17.0. The first-order valence-electron chi connectivity index (χ1n) is 11.6. The molecule has 7 nitrogen and oxygen atoms in total. The minimum Gasteiger partial charge on any atom is -0.497 e. The molecule has 2 heterocycles. The number of hydrogen-bond acceptors (Lipinski definition) is 8. The summed E-state index contributed by atoms with van der Waals surface area (Å²) in [5.74, 6) is 2.21. The summed E-state index contributed by atoms with van der Waals surface area (Å²) in [5, 5.41) is 1.27. The van der Waals surface area contributed by atoms with Gasteiger partial charge in [0.05, 0.1) is 37.2 Å². The number of carbonyl (C=O) groups excluding carboxylic acids is 1. The number of morpholine rings is 1. The van der Waals surface area contributed by atoms with Crippen molar-refractivity contribution >= 4 is 56.0 Å². The molecule has 0 unspecified atom stereocenters. The molecule has 0 saturated carbocycles. The number of methoxy groups -OCH3 is 2. The quantitative estimate of drug-likeness (QED) is 0.312. The molecule has 1 amide bonds. The first-order chi connectivity index (χ1) is 17.1. The van der Waals surface area contributed by atoms with Crippen molar-refractivity contribution in [2.75, 3.05) is 64.3 Å². The Balaban J connectivity index is 1.46. The van der Waals surface area contributed by atoms with Crippen LogP contribution < -0.4 is 14.4 Å². The zero-order valence-corrected chi connectivity index (χ0v) is 22.4. The van der Waals surface area contributed by atoms with Gasteiger partial charge in [-0.25, -0.2) is 4.98 Å². The van der Waals surface area contributed by atoms with E-state index >= 15 is 0 Å². The highest BCUT2D eigenvalue weighted by atomic mass is 35.5. The molecule has 0 N–H and O–H groups in total. The van der Waals surface area contributed by atoms with E-state index in [1.54, 1.807) is 32.0 Å². The van der Waals surface area contributed by atoms with Crippen LogP contribution >= 0.6 is 34.7 Å². The fraction of sp³-hybridized carbons (Fsp3) is 0.440. The van der Waals surface area contributed by atoms with Crippen LogP contribution in [0.1, 0.15) is 12.8 Å². The Kier molecular flexibility index (Phi) is 9.51. The summed E-state index contributed by atoms with van der Waals surface area (Å²) in [6.07, 6.45) is 1.27. The molecule has 10 heteroatoms. The van der Waals surface area contributed by atoms with Gasteiger partial charge in [-0.1, -0.05) is 22.9 Å². The number of hydrogen-bond donors (Lipinski definition) is 0. The second kappa shape index (κ2) is 12.8. The first kappa shape index (κ1) is 26.0. The molecule has 1 aliphatic heterocycles. The van der Waals surface area contributed by atoms with Gasteiger partial charge < -0.3 is 14.2 Å². The molecule has 0 bridgehead atoms. The van der Waals surface area contributed by atoms with Gasteiger partial charge in [-0.05, 0) is 42.8 Å². The third-order valence-corrected chi connectivity index (χ3v) is 8.36. The Morgan fingerprint density at radius 2 is 1.94 bits per heavy atom.